The topological polar surface area (TPSA) is 80.3 Å². The summed E-state index contributed by atoms with van der Waals surface area (Å²) in [5, 5.41) is 8.91. The second kappa shape index (κ2) is 10.4. The molecule has 1 saturated carbocycles. The number of thiazole rings is 1. The van der Waals surface area contributed by atoms with Crippen LogP contribution < -0.4 is 15.4 Å². The van der Waals surface area contributed by atoms with Crippen molar-refractivity contribution in [3.05, 3.63) is 70.7 Å². The maximum Gasteiger partial charge on any atom is 0.255 e. The Morgan fingerprint density at radius 2 is 1.97 bits per heavy atom. The van der Waals surface area contributed by atoms with Crippen LogP contribution in [0.2, 0.25) is 0 Å². The van der Waals surface area contributed by atoms with Gasteiger partial charge < -0.3 is 15.4 Å². The third kappa shape index (κ3) is 5.34. The fourth-order valence-electron chi connectivity index (χ4n) is 3.93. The van der Waals surface area contributed by atoms with Crippen LogP contribution in [0.4, 0.5) is 0 Å². The van der Waals surface area contributed by atoms with Gasteiger partial charge in [-0.3, -0.25) is 9.59 Å². The minimum Gasteiger partial charge on any atom is -0.493 e. The summed E-state index contributed by atoms with van der Waals surface area (Å²) < 4.78 is 5.65. The largest absolute Gasteiger partial charge is 0.493 e. The Labute approximate surface area is 192 Å². The molecule has 2 amide bonds. The molecule has 166 valence electrons. The lowest BCUT2D eigenvalue weighted by Crippen LogP contribution is -2.33. The third-order valence-electron chi connectivity index (χ3n) is 5.54. The molecule has 0 spiro atoms. The summed E-state index contributed by atoms with van der Waals surface area (Å²) in [6.07, 6.45) is 6.09. The van der Waals surface area contributed by atoms with Gasteiger partial charge >= 0.3 is 0 Å². The van der Waals surface area contributed by atoms with Crippen molar-refractivity contribution in [1.82, 2.24) is 15.6 Å². The van der Waals surface area contributed by atoms with Crippen molar-refractivity contribution in [1.29, 1.82) is 0 Å². The maximum absolute atomic E-state index is 13.0. The second-order valence-electron chi connectivity index (χ2n) is 7.82. The van der Waals surface area contributed by atoms with Crippen molar-refractivity contribution in [2.24, 2.45) is 0 Å². The average molecular weight is 450 g/mol. The van der Waals surface area contributed by atoms with Crippen LogP contribution in [0.3, 0.4) is 0 Å². The SMILES string of the molecule is CCOc1ccc(C(=O)NC2CCCC2)cc1C(=O)NCc1cccc(-c2nccs2)c1. The van der Waals surface area contributed by atoms with Gasteiger partial charge in [0, 0.05) is 35.3 Å². The van der Waals surface area contributed by atoms with Crippen molar-refractivity contribution in [2.75, 3.05) is 6.61 Å². The van der Waals surface area contributed by atoms with Crippen LogP contribution in [-0.4, -0.2) is 29.4 Å². The highest BCUT2D eigenvalue weighted by atomic mass is 32.1. The Morgan fingerprint density at radius 3 is 2.72 bits per heavy atom. The molecule has 0 aliphatic heterocycles. The van der Waals surface area contributed by atoms with Gasteiger partial charge in [0.25, 0.3) is 11.8 Å². The van der Waals surface area contributed by atoms with Crippen LogP contribution in [0.15, 0.2) is 54.0 Å². The molecule has 6 nitrogen and oxygen atoms in total. The molecule has 1 heterocycles. The van der Waals surface area contributed by atoms with E-state index in [-0.39, 0.29) is 17.9 Å². The standard InChI is InChI=1S/C25H27N3O3S/c1-2-31-22-11-10-18(23(29)28-20-8-3-4-9-20)15-21(22)24(30)27-16-17-6-5-7-19(14-17)25-26-12-13-32-25/h5-7,10-15,20H,2-4,8-9,16H2,1H3,(H,27,30)(H,28,29). The monoisotopic (exact) mass is 449 g/mol. The number of rotatable bonds is 8. The Kier molecular flexibility index (Phi) is 7.17. The van der Waals surface area contributed by atoms with Gasteiger partial charge in [0.15, 0.2) is 0 Å². The van der Waals surface area contributed by atoms with E-state index in [2.05, 4.69) is 15.6 Å². The zero-order valence-corrected chi connectivity index (χ0v) is 18.9. The molecular formula is C25H27N3O3S. The first-order valence-corrected chi connectivity index (χ1v) is 11.9. The molecule has 1 aliphatic carbocycles. The number of aromatic nitrogens is 1. The predicted octanol–water partition coefficient (Wildman–Crippen LogP) is 4.81. The molecule has 1 aliphatic rings. The normalized spacial score (nSPS) is 13.7. The minimum absolute atomic E-state index is 0.148. The number of ether oxygens (including phenoxy) is 1. The van der Waals surface area contributed by atoms with Gasteiger partial charge in [0.05, 0.1) is 12.2 Å². The first-order chi connectivity index (χ1) is 15.6. The van der Waals surface area contributed by atoms with E-state index < -0.39 is 0 Å². The first kappa shape index (κ1) is 22.0. The molecule has 2 aromatic carbocycles. The highest BCUT2D eigenvalue weighted by molar-refractivity contribution is 7.13. The fraction of sp³-hybridized carbons (Fsp3) is 0.320. The zero-order valence-electron chi connectivity index (χ0n) is 18.1. The van der Waals surface area contributed by atoms with E-state index in [0.717, 1.165) is 41.8 Å². The lowest BCUT2D eigenvalue weighted by Gasteiger charge is -2.15. The molecule has 3 aromatic rings. The van der Waals surface area contributed by atoms with E-state index >= 15 is 0 Å². The second-order valence-corrected chi connectivity index (χ2v) is 8.71. The molecule has 1 fully saturated rings. The molecule has 0 saturated heterocycles. The number of hydrogen-bond acceptors (Lipinski definition) is 5. The van der Waals surface area contributed by atoms with E-state index in [9.17, 15) is 9.59 Å². The summed E-state index contributed by atoms with van der Waals surface area (Å²) in [6.45, 7) is 2.67. The van der Waals surface area contributed by atoms with Gasteiger partial charge in [-0.15, -0.1) is 11.3 Å². The molecule has 32 heavy (non-hydrogen) atoms. The molecule has 0 bridgehead atoms. The molecule has 2 N–H and O–H groups in total. The highest BCUT2D eigenvalue weighted by Crippen LogP contribution is 2.24. The van der Waals surface area contributed by atoms with Crippen LogP contribution >= 0.6 is 11.3 Å². The number of nitrogens with one attached hydrogen (secondary N) is 2. The molecule has 1 aromatic heterocycles. The zero-order chi connectivity index (χ0) is 22.3. The fourth-order valence-corrected chi connectivity index (χ4v) is 4.56. The van der Waals surface area contributed by atoms with Crippen molar-refractivity contribution in [3.8, 4) is 16.3 Å². The van der Waals surface area contributed by atoms with Crippen molar-refractivity contribution < 1.29 is 14.3 Å². The number of carbonyl (C=O) groups is 2. The van der Waals surface area contributed by atoms with Crippen LogP contribution in [0, 0.1) is 0 Å². The molecule has 0 unspecified atom stereocenters. The summed E-state index contributed by atoms with van der Waals surface area (Å²) in [4.78, 5) is 30.0. The van der Waals surface area contributed by atoms with E-state index in [0.29, 0.717) is 30.0 Å². The smallest absolute Gasteiger partial charge is 0.255 e. The number of hydrogen-bond donors (Lipinski definition) is 2. The molecular weight excluding hydrogens is 422 g/mol. The first-order valence-electron chi connectivity index (χ1n) is 11.0. The van der Waals surface area contributed by atoms with Crippen LogP contribution in [0.25, 0.3) is 10.6 Å². The number of benzene rings is 2. The summed E-state index contributed by atoms with van der Waals surface area (Å²) in [5.74, 6) is 0.0488. The summed E-state index contributed by atoms with van der Waals surface area (Å²) in [6, 6.07) is 13.2. The van der Waals surface area contributed by atoms with Gasteiger partial charge in [0.2, 0.25) is 0 Å². The quantitative estimate of drug-likeness (QED) is 0.517. The van der Waals surface area contributed by atoms with Crippen LogP contribution in [0.1, 0.15) is 58.9 Å². The Hall–Kier alpha value is -3.19. The van der Waals surface area contributed by atoms with E-state index in [1.807, 2.05) is 36.6 Å². The van der Waals surface area contributed by atoms with Gasteiger partial charge in [-0.05, 0) is 49.6 Å². The van der Waals surface area contributed by atoms with Crippen molar-refractivity contribution >= 4 is 23.2 Å². The van der Waals surface area contributed by atoms with E-state index in [1.54, 1.807) is 35.7 Å². The Bertz CT molecular complexity index is 1080. The summed E-state index contributed by atoms with van der Waals surface area (Å²) in [7, 11) is 0. The summed E-state index contributed by atoms with van der Waals surface area (Å²) in [5.41, 5.74) is 2.82. The van der Waals surface area contributed by atoms with E-state index in [1.165, 1.54) is 0 Å². The average Bonchev–Trinajstić information content (AvgIpc) is 3.53. The van der Waals surface area contributed by atoms with Gasteiger partial charge in [-0.1, -0.05) is 31.0 Å². The van der Waals surface area contributed by atoms with Crippen molar-refractivity contribution in [2.45, 2.75) is 45.2 Å². The van der Waals surface area contributed by atoms with E-state index in [4.69, 9.17) is 4.74 Å². The Balaban J connectivity index is 1.47. The van der Waals surface area contributed by atoms with Crippen LogP contribution in [-0.2, 0) is 6.54 Å². The molecule has 0 atom stereocenters. The minimum atomic E-state index is -0.274. The molecule has 0 radical (unpaired) electrons. The number of amides is 2. The highest BCUT2D eigenvalue weighted by Gasteiger charge is 2.20. The number of carbonyl (C=O) groups excluding carboxylic acids is 2. The van der Waals surface area contributed by atoms with Crippen molar-refractivity contribution in [3.63, 3.8) is 0 Å². The summed E-state index contributed by atoms with van der Waals surface area (Å²) >= 11 is 1.58. The molecule has 4 rings (SSSR count). The van der Waals surface area contributed by atoms with Crippen LogP contribution in [0.5, 0.6) is 5.75 Å². The number of nitrogens with zero attached hydrogens (tertiary/aromatic N) is 1. The third-order valence-corrected chi connectivity index (χ3v) is 6.36. The maximum atomic E-state index is 13.0. The predicted molar refractivity (Wildman–Crippen MR) is 126 cm³/mol. The van der Waals surface area contributed by atoms with Gasteiger partial charge in [-0.25, -0.2) is 4.98 Å². The lowest BCUT2D eigenvalue weighted by molar-refractivity contribution is 0.0938. The lowest BCUT2D eigenvalue weighted by atomic mass is 10.1. The Morgan fingerprint density at radius 1 is 1.12 bits per heavy atom. The van der Waals surface area contributed by atoms with Gasteiger partial charge in [-0.2, -0.15) is 0 Å². The van der Waals surface area contributed by atoms with Gasteiger partial charge in [0.1, 0.15) is 10.8 Å². The molecule has 7 heteroatoms.